The highest BCUT2D eigenvalue weighted by molar-refractivity contribution is 5.72. The standard InChI is InChI=1S/C28H22/c1-2-6-13-25-17-18-27-16-10-15-23-11-8-4-5-9-12-24(23)19-21-28(27)22-20-26(25)14-7-3-1/h1-22H. The summed E-state index contributed by atoms with van der Waals surface area (Å²) < 4.78 is 0. The van der Waals surface area contributed by atoms with Crippen LogP contribution in [0.25, 0.3) is 34.4 Å². The molecule has 0 nitrogen and oxygen atoms in total. The van der Waals surface area contributed by atoms with Gasteiger partial charge >= 0.3 is 0 Å². The summed E-state index contributed by atoms with van der Waals surface area (Å²) in [6, 6.07) is 34.3. The van der Waals surface area contributed by atoms with E-state index in [0.29, 0.717) is 0 Å². The fourth-order valence-electron chi connectivity index (χ4n) is 3.24. The largest absolute Gasteiger partial charge is 0.0623 e. The molecular weight excluding hydrogens is 336 g/mol. The SMILES string of the molecule is C1=CC=Cc2ccc3ccc4cccccccc-4ccc-3cccc2C=C1. The highest BCUT2D eigenvalue weighted by Crippen LogP contribution is 2.24. The maximum absolute atomic E-state index is 2.20. The topological polar surface area (TPSA) is 0 Å². The lowest BCUT2D eigenvalue weighted by Crippen LogP contribution is -1.78. The molecule has 0 unspecified atom stereocenters. The normalized spacial score (nSPS) is 11.9. The maximum Gasteiger partial charge on any atom is -0.0184 e. The highest BCUT2D eigenvalue weighted by Gasteiger charge is 2.00. The van der Waals surface area contributed by atoms with Crippen molar-refractivity contribution in [1.82, 2.24) is 0 Å². The van der Waals surface area contributed by atoms with Gasteiger partial charge in [0, 0.05) is 0 Å². The zero-order chi connectivity index (χ0) is 19.0. The Labute approximate surface area is 167 Å². The summed E-state index contributed by atoms with van der Waals surface area (Å²) in [4.78, 5) is 0. The molecule has 0 atom stereocenters. The average molecular weight is 358 g/mol. The molecule has 0 radical (unpaired) electrons. The number of hydrogen-bond acceptors (Lipinski definition) is 0. The van der Waals surface area contributed by atoms with Gasteiger partial charge in [-0.25, -0.2) is 0 Å². The van der Waals surface area contributed by atoms with E-state index in [1.807, 2.05) is 6.07 Å². The Morgan fingerprint density at radius 2 is 0.714 bits per heavy atom. The van der Waals surface area contributed by atoms with Gasteiger partial charge in [0.2, 0.25) is 0 Å². The molecule has 0 saturated heterocycles. The van der Waals surface area contributed by atoms with Crippen LogP contribution in [-0.2, 0) is 0 Å². The van der Waals surface area contributed by atoms with Gasteiger partial charge in [0.15, 0.2) is 0 Å². The molecule has 0 aliphatic heterocycles. The molecule has 28 heavy (non-hydrogen) atoms. The Bertz CT molecular complexity index is 1110. The molecule has 0 aromatic heterocycles. The van der Waals surface area contributed by atoms with Crippen LogP contribution in [0.15, 0.2) is 121 Å². The van der Waals surface area contributed by atoms with Crippen molar-refractivity contribution in [2.24, 2.45) is 0 Å². The summed E-state index contributed by atoms with van der Waals surface area (Å²) in [5.41, 5.74) is 7.17. The van der Waals surface area contributed by atoms with Crippen LogP contribution >= 0.6 is 0 Å². The van der Waals surface area contributed by atoms with Crippen LogP contribution in [-0.4, -0.2) is 0 Å². The van der Waals surface area contributed by atoms with E-state index in [1.165, 1.54) is 33.4 Å². The number of fused-ring (bicyclic) bond motifs is 3. The van der Waals surface area contributed by atoms with Crippen molar-refractivity contribution >= 4 is 12.2 Å². The van der Waals surface area contributed by atoms with Crippen LogP contribution in [0.1, 0.15) is 11.1 Å². The van der Waals surface area contributed by atoms with E-state index in [9.17, 15) is 0 Å². The van der Waals surface area contributed by atoms with Gasteiger partial charge in [-0.3, -0.25) is 0 Å². The van der Waals surface area contributed by atoms with Crippen LogP contribution < -0.4 is 0 Å². The second kappa shape index (κ2) is 8.83. The first-order valence-electron chi connectivity index (χ1n) is 9.55. The molecule has 0 aromatic rings. The third-order valence-electron chi connectivity index (χ3n) is 4.76. The third kappa shape index (κ3) is 4.36. The summed E-state index contributed by atoms with van der Waals surface area (Å²) in [7, 11) is 0. The highest BCUT2D eigenvalue weighted by atomic mass is 14.0. The zero-order valence-electron chi connectivity index (χ0n) is 15.7. The summed E-state index contributed by atoms with van der Waals surface area (Å²) in [5.74, 6) is 0. The Balaban J connectivity index is 1.97. The summed E-state index contributed by atoms with van der Waals surface area (Å²) in [6.07, 6.45) is 12.6. The summed E-state index contributed by atoms with van der Waals surface area (Å²) in [5, 5.41) is 0. The maximum atomic E-state index is 2.20. The van der Waals surface area contributed by atoms with Crippen LogP contribution in [0, 0.1) is 0 Å². The molecular formula is C28H22. The van der Waals surface area contributed by atoms with Crippen molar-refractivity contribution in [1.29, 1.82) is 0 Å². The Morgan fingerprint density at radius 1 is 0.286 bits per heavy atom. The lowest BCUT2D eigenvalue weighted by molar-refractivity contribution is 1.62. The van der Waals surface area contributed by atoms with Crippen molar-refractivity contribution in [3.8, 4) is 22.3 Å². The van der Waals surface area contributed by atoms with E-state index in [-0.39, 0.29) is 0 Å². The first-order valence-corrected chi connectivity index (χ1v) is 9.55. The Morgan fingerprint density at radius 3 is 1.32 bits per heavy atom. The molecule has 134 valence electrons. The second-order valence-electron chi connectivity index (χ2n) is 6.66. The van der Waals surface area contributed by atoms with E-state index in [4.69, 9.17) is 0 Å². The minimum atomic E-state index is 1.19. The molecule has 0 fully saturated rings. The van der Waals surface area contributed by atoms with Crippen molar-refractivity contribution in [3.63, 3.8) is 0 Å². The molecule has 4 aliphatic rings. The lowest BCUT2D eigenvalue weighted by atomic mass is 10.0. The predicted molar refractivity (Wildman–Crippen MR) is 122 cm³/mol. The summed E-state index contributed by atoms with van der Waals surface area (Å²) in [6.45, 7) is 0. The molecule has 0 N–H and O–H groups in total. The van der Waals surface area contributed by atoms with Gasteiger partial charge in [0.25, 0.3) is 0 Å². The van der Waals surface area contributed by atoms with E-state index in [2.05, 4.69) is 127 Å². The zero-order valence-corrected chi connectivity index (χ0v) is 15.7. The van der Waals surface area contributed by atoms with Crippen molar-refractivity contribution < 1.29 is 0 Å². The molecule has 0 heterocycles. The van der Waals surface area contributed by atoms with Crippen LogP contribution in [0.5, 0.6) is 0 Å². The van der Waals surface area contributed by atoms with Gasteiger partial charge in [-0.15, -0.1) is 0 Å². The van der Waals surface area contributed by atoms with Gasteiger partial charge in [-0.1, -0.05) is 134 Å². The average Bonchev–Trinajstić information content (AvgIpc) is 2.82. The van der Waals surface area contributed by atoms with Crippen molar-refractivity contribution in [2.75, 3.05) is 0 Å². The minimum Gasteiger partial charge on any atom is -0.0623 e. The van der Waals surface area contributed by atoms with Crippen molar-refractivity contribution in [3.05, 3.63) is 132 Å². The minimum absolute atomic E-state index is 1.19. The second-order valence-corrected chi connectivity index (χ2v) is 6.66. The van der Waals surface area contributed by atoms with Crippen LogP contribution in [0.3, 0.4) is 0 Å². The van der Waals surface area contributed by atoms with Gasteiger partial charge < -0.3 is 0 Å². The first-order chi connectivity index (χ1) is 13.9. The molecule has 0 heteroatoms. The van der Waals surface area contributed by atoms with E-state index < -0.39 is 0 Å². The third-order valence-corrected chi connectivity index (χ3v) is 4.76. The molecule has 4 aliphatic carbocycles. The van der Waals surface area contributed by atoms with Crippen LogP contribution in [0.2, 0.25) is 0 Å². The molecule has 0 amide bonds. The Hall–Kier alpha value is -3.64. The number of rotatable bonds is 0. The Kier molecular flexibility index (Phi) is 5.60. The predicted octanol–water partition coefficient (Wildman–Crippen LogP) is 7.74. The van der Waals surface area contributed by atoms with Gasteiger partial charge in [0.1, 0.15) is 0 Å². The van der Waals surface area contributed by atoms with Crippen molar-refractivity contribution in [2.45, 2.75) is 0 Å². The lowest BCUT2D eigenvalue weighted by Gasteiger charge is -2.03. The number of allylic oxidation sites excluding steroid dienone is 4. The van der Waals surface area contributed by atoms with Gasteiger partial charge in [0.05, 0.1) is 0 Å². The smallest absolute Gasteiger partial charge is 0.0184 e. The van der Waals surface area contributed by atoms with E-state index >= 15 is 0 Å². The summed E-state index contributed by atoms with van der Waals surface area (Å²) >= 11 is 0. The van der Waals surface area contributed by atoms with Gasteiger partial charge in [-0.2, -0.15) is 0 Å². The molecule has 4 rings (SSSR count). The fourth-order valence-corrected chi connectivity index (χ4v) is 3.24. The van der Waals surface area contributed by atoms with E-state index in [0.717, 1.165) is 0 Å². The molecule has 0 bridgehead atoms. The quantitative estimate of drug-likeness (QED) is 0.385. The van der Waals surface area contributed by atoms with Crippen LogP contribution in [0.4, 0.5) is 0 Å². The fraction of sp³-hybridized carbons (Fsp3) is 0. The molecule has 0 spiro atoms. The van der Waals surface area contributed by atoms with Gasteiger partial charge in [-0.05, 0) is 33.4 Å². The molecule has 0 aromatic carbocycles. The first kappa shape index (κ1) is 17.8. The number of hydrogen-bond donors (Lipinski definition) is 0. The monoisotopic (exact) mass is 358 g/mol. The van der Waals surface area contributed by atoms with E-state index in [1.54, 1.807) is 0 Å². The molecule has 0 saturated carbocycles.